The number of benzene rings is 2. The van der Waals surface area contributed by atoms with Gasteiger partial charge in [-0.3, -0.25) is 24.1 Å². The zero-order chi connectivity index (χ0) is 21.0. The van der Waals surface area contributed by atoms with Crippen LogP contribution in [0.25, 0.3) is 0 Å². The summed E-state index contributed by atoms with van der Waals surface area (Å²) in [6.45, 7) is 0.0810. The fourth-order valence-electron chi connectivity index (χ4n) is 3.23. The van der Waals surface area contributed by atoms with Crippen LogP contribution in [0.3, 0.4) is 0 Å². The van der Waals surface area contributed by atoms with Crippen LogP contribution in [0.15, 0.2) is 48.5 Å². The minimum absolute atomic E-state index is 0.0390. The van der Waals surface area contributed by atoms with E-state index < -0.39 is 23.7 Å². The van der Waals surface area contributed by atoms with Crippen LogP contribution in [0.5, 0.6) is 0 Å². The molecule has 8 heteroatoms. The molecule has 2 aromatic carbocycles. The van der Waals surface area contributed by atoms with Gasteiger partial charge in [-0.25, -0.2) is 0 Å². The highest BCUT2D eigenvalue weighted by molar-refractivity contribution is 6.30. The molecule has 0 radical (unpaired) electrons. The van der Waals surface area contributed by atoms with E-state index in [0.29, 0.717) is 16.1 Å². The predicted molar refractivity (Wildman–Crippen MR) is 106 cm³/mol. The number of carbonyl (C=O) groups excluding carboxylic acids is 3. The molecule has 29 heavy (non-hydrogen) atoms. The molecule has 0 spiro atoms. The molecule has 1 unspecified atom stereocenters. The van der Waals surface area contributed by atoms with E-state index in [-0.39, 0.29) is 31.8 Å². The number of hydrogen-bond donors (Lipinski definition) is 2. The molecule has 1 atom stereocenters. The third kappa shape index (κ3) is 4.81. The Labute approximate surface area is 172 Å². The first-order valence-electron chi connectivity index (χ1n) is 9.06. The molecule has 150 valence electrons. The number of amides is 3. The lowest BCUT2D eigenvalue weighted by atomic mass is 9.95. The zero-order valence-electron chi connectivity index (χ0n) is 15.4. The van der Waals surface area contributed by atoms with Gasteiger partial charge in [-0.05, 0) is 29.8 Å². The molecule has 0 aliphatic carbocycles. The van der Waals surface area contributed by atoms with E-state index in [4.69, 9.17) is 16.7 Å². The molecular formula is C21H19ClN2O5. The number of aliphatic carboxylic acids is 1. The molecule has 0 bridgehead atoms. The maximum absolute atomic E-state index is 12.3. The van der Waals surface area contributed by atoms with Gasteiger partial charge in [-0.15, -0.1) is 0 Å². The molecule has 0 aromatic heterocycles. The number of carbonyl (C=O) groups is 4. The third-order valence-corrected chi connectivity index (χ3v) is 5.00. The number of carboxylic acid groups (broad SMARTS) is 1. The van der Waals surface area contributed by atoms with Gasteiger partial charge in [0, 0.05) is 30.5 Å². The molecular weight excluding hydrogens is 396 g/mol. The van der Waals surface area contributed by atoms with Gasteiger partial charge in [0.25, 0.3) is 11.8 Å². The second-order valence-corrected chi connectivity index (χ2v) is 7.14. The van der Waals surface area contributed by atoms with Crippen molar-refractivity contribution < 1.29 is 24.3 Å². The third-order valence-electron chi connectivity index (χ3n) is 4.75. The highest BCUT2D eigenvalue weighted by atomic mass is 35.5. The van der Waals surface area contributed by atoms with E-state index in [1.807, 2.05) is 0 Å². The van der Waals surface area contributed by atoms with Crippen molar-refractivity contribution in [2.45, 2.75) is 18.8 Å². The molecule has 1 aliphatic rings. The monoisotopic (exact) mass is 414 g/mol. The number of hydrogen-bond acceptors (Lipinski definition) is 4. The van der Waals surface area contributed by atoms with Crippen molar-refractivity contribution in [1.82, 2.24) is 10.2 Å². The van der Waals surface area contributed by atoms with Crippen molar-refractivity contribution in [1.29, 1.82) is 0 Å². The largest absolute Gasteiger partial charge is 0.481 e. The summed E-state index contributed by atoms with van der Waals surface area (Å²) in [7, 11) is 0. The van der Waals surface area contributed by atoms with E-state index in [1.54, 1.807) is 48.5 Å². The van der Waals surface area contributed by atoms with Gasteiger partial charge in [0.15, 0.2) is 0 Å². The number of nitrogens with zero attached hydrogens (tertiary/aromatic N) is 1. The molecule has 0 saturated carbocycles. The molecule has 2 N–H and O–H groups in total. The number of nitrogens with one attached hydrogen (secondary N) is 1. The Kier molecular flexibility index (Phi) is 6.29. The van der Waals surface area contributed by atoms with Crippen molar-refractivity contribution in [2.24, 2.45) is 0 Å². The number of fused-ring (bicyclic) bond motifs is 1. The van der Waals surface area contributed by atoms with Crippen molar-refractivity contribution in [2.75, 3.05) is 13.1 Å². The molecule has 3 amide bonds. The van der Waals surface area contributed by atoms with Crippen molar-refractivity contribution >= 4 is 35.3 Å². The lowest BCUT2D eigenvalue weighted by Crippen LogP contribution is -2.36. The normalized spacial score (nSPS) is 13.9. The highest BCUT2D eigenvalue weighted by Crippen LogP contribution is 2.23. The molecule has 7 nitrogen and oxygen atoms in total. The first-order chi connectivity index (χ1) is 13.9. The van der Waals surface area contributed by atoms with Crippen LogP contribution >= 0.6 is 11.6 Å². The summed E-state index contributed by atoms with van der Waals surface area (Å²) in [5.74, 6) is -2.60. The van der Waals surface area contributed by atoms with Gasteiger partial charge in [-0.2, -0.15) is 0 Å². The van der Waals surface area contributed by atoms with Gasteiger partial charge >= 0.3 is 5.97 Å². The zero-order valence-corrected chi connectivity index (χ0v) is 16.2. The summed E-state index contributed by atoms with van der Waals surface area (Å²) >= 11 is 5.86. The van der Waals surface area contributed by atoms with Crippen LogP contribution in [-0.4, -0.2) is 46.8 Å². The first kappa shape index (κ1) is 20.5. The van der Waals surface area contributed by atoms with Crippen molar-refractivity contribution in [3.63, 3.8) is 0 Å². The quantitative estimate of drug-likeness (QED) is 0.646. The number of carboxylic acids is 1. The fourth-order valence-corrected chi connectivity index (χ4v) is 3.36. The molecule has 0 saturated heterocycles. The summed E-state index contributed by atoms with van der Waals surface area (Å²) in [5.41, 5.74) is 1.42. The van der Waals surface area contributed by atoms with Crippen LogP contribution in [0.2, 0.25) is 5.02 Å². The maximum atomic E-state index is 12.3. The van der Waals surface area contributed by atoms with Crippen LogP contribution in [0.4, 0.5) is 0 Å². The number of halogens is 1. The Morgan fingerprint density at radius 1 is 1.00 bits per heavy atom. The number of imide groups is 1. The Hall–Kier alpha value is -3.19. The topological polar surface area (TPSA) is 104 Å². The van der Waals surface area contributed by atoms with Gasteiger partial charge in [0.05, 0.1) is 17.5 Å². The molecule has 3 rings (SSSR count). The van der Waals surface area contributed by atoms with E-state index >= 15 is 0 Å². The molecule has 0 fully saturated rings. The summed E-state index contributed by atoms with van der Waals surface area (Å²) in [6, 6.07) is 13.3. The summed E-state index contributed by atoms with van der Waals surface area (Å²) in [6.07, 6.45) is -0.216. The van der Waals surface area contributed by atoms with Gasteiger partial charge in [0.1, 0.15) is 0 Å². The van der Waals surface area contributed by atoms with Crippen LogP contribution in [0, 0.1) is 0 Å². The van der Waals surface area contributed by atoms with Gasteiger partial charge in [-0.1, -0.05) is 35.9 Å². The minimum Gasteiger partial charge on any atom is -0.481 e. The summed E-state index contributed by atoms with van der Waals surface area (Å²) in [5, 5.41) is 12.4. The summed E-state index contributed by atoms with van der Waals surface area (Å²) < 4.78 is 0. The van der Waals surface area contributed by atoms with E-state index in [0.717, 1.165) is 10.5 Å². The Balaban J connectivity index is 1.56. The average Bonchev–Trinajstić information content (AvgIpc) is 2.94. The Bertz CT molecular complexity index is 923. The number of rotatable bonds is 8. The average molecular weight is 415 g/mol. The fraction of sp³-hybridized carbons (Fsp3) is 0.238. The molecule has 1 aliphatic heterocycles. The smallest absolute Gasteiger partial charge is 0.304 e. The van der Waals surface area contributed by atoms with E-state index in [2.05, 4.69) is 5.32 Å². The minimum atomic E-state index is -0.981. The Morgan fingerprint density at radius 3 is 2.14 bits per heavy atom. The van der Waals surface area contributed by atoms with Crippen molar-refractivity contribution in [3.8, 4) is 0 Å². The van der Waals surface area contributed by atoms with E-state index in [9.17, 15) is 19.2 Å². The van der Waals surface area contributed by atoms with Crippen LogP contribution in [-0.2, 0) is 9.59 Å². The standard InChI is InChI=1S/C21H19ClN2O5/c22-15-7-5-13(6-8-15)14(11-19(26)27)12-23-18(25)9-10-24-20(28)16-3-1-2-4-17(16)21(24)29/h1-8,14H,9-12H2,(H,23,25)(H,26,27). The van der Waals surface area contributed by atoms with Crippen LogP contribution in [0.1, 0.15) is 45.0 Å². The second kappa shape index (κ2) is 8.87. The van der Waals surface area contributed by atoms with E-state index in [1.165, 1.54) is 0 Å². The maximum Gasteiger partial charge on any atom is 0.304 e. The van der Waals surface area contributed by atoms with Crippen molar-refractivity contribution in [3.05, 3.63) is 70.2 Å². The van der Waals surface area contributed by atoms with Crippen LogP contribution < -0.4 is 5.32 Å². The SMILES string of the molecule is O=C(O)CC(CNC(=O)CCN1C(=O)c2ccccc2C1=O)c1ccc(Cl)cc1. The van der Waals surface area contributed by atoms with Gasteiger partial charge < -0.3 is 10.4 Å². The predicted octanol–water partition coefficient (Wildman–Crippen LogP) is 2.70. The van der Waals surface area contributed by atoms with Gasteiger partial charge in [0.2, 0.25) is 5.91 Å². The first-order valence-corrected chi connectivity index (χ1v) is 9.44. The lowest BCUT2D eigenvalue weighted by molar-refractivity contribution is -0.137. The molecule has 1 heterocycles. The lowest BCUT2D eigenvalue weighted by Gasteiger charge is -2.17. The second-order valence-electron chi connectivity index (χ2n) is 6.71. The summed E-state index contributed by atoms with van der Waals surface area (Å²) in [4.78, 5) is 49.1. The highest BCUT2D eigenvalue weighted by Gasteiger charge is 2.35. The molecule has 2 aromatic rings. The Morgan fingerprint density at radius 2 is 1.59 bits per heavy atom.